The predicted octanol–water partition coefficient (Wildman–Crippen LogP) is 2.51. The number of nitriles is 1. The Morgan fingerprint density at radius 2 is 2.35 bits per heavy atom. The summed E-state index contributed by atoms with van der Waals surface area (Å²) in [6, 6.07) is 4.28. The zero-order valence-corrected chi connectivity index (χ0v) is 10.2. The van der Waals surface area contributed by atoms with Crippen LogP contribution in [0.4, 0.5) is 5.82 Å². The van der Waals surface area contributed by atoms with Gasteiger partial charge in [-0.05, 0) is 49.1 Å². The first-order chi connectivity index (χ1) is 8.28. The van der Waals surface area contributed by atoms with Gasteiger partial charge in [-0.2, -0.15) is 5.26 Å². The zero-order chi connectivity index (χ0) is 11.8. The monoisotopic (exact) mass is 227 g/mol. The summed E-state index contributed by atoms with van der Waals surface area (Å²) < 4.78 is 0. The molecule has 3 nitrogen and oxygen atoms in total. The van der Waals surface area contributed by atoms with E-state index in [9.17, 15) is 0 Å². The fourth-order valence-corrected chi connectivity index (χ4v) is 2.60. The van der Waals surface area contributed by atoms with Crippen LogP contribution in [0.25, 0.3) is 0 Å². The van der Waals surface area contributed by atoms with Crippen molar-refractivity contribution < 1.29 is 0 Å². The van der Waals surface area contributed by atoms with Crippen LogP contribution < -0.4 is 5.32 Å². The SMILES string of the molecule is CC1CC1CNc1nc2c(cc1C#N)CCC2. The smallest absolute Gasteiger partial charge is 0.144 e. The topological polar surface area (TPSA) is 48.7 Å². The van der Waals surface area contributed by atoms with Crippen molar-refractivity contribution in [1.29, 1.82) is 5.26 Å². The molecule has 1 aromatic rings. The molecular weight excluding hydrogens is 210 g/mol. The van der Waals surface area contributed by atoms with Gasteiger partial charge in [0.25, 0.3) is 0 Å². The molecule has 0 spiro atoms. The normalized spacial score (nSPS) is 25.2. The van der Waals surface area contributed by atoms with Crippen LogP contribution in [-0.4, -0.2) is 11.5 Å². The van der Waals surface area contributed by atoms with E-state index in [2.05, 4.69) is 23.3 Å². The Balaban J connectivity index is 1.80. The third-order valence-corrected chi connectivity index (χ3v) is 3.98. The fourth-order valence-electron chi connectivity index (χ4n) is 2.60. The van der Waals surface area contributed by atoms with Gasteiger partial charge in [0.05, 0.1) is 5.56 Å². The minimum atomic E-state index is 0.707. The van der Waals surface area contributed by atoms with Crippen molar-refractivity contribution >= 4 is 5.82 Å². The molecule has 0 aliphatic heterocycles. The van der Waals surface area contributed by atoms with Crippen LogP contribution in [0, 0.1) is 23.2 Å². The lowest BCUT2D eigenvalue weighted by molar-refractivity contribution is 0.783. The van der Waals surface area contributed by atoms with Gasteiger partial charge in [-0.15, -0.1) is 0 Å². The van der Waals surface area contributed by atoms with Crippen molar-refractivity contribution in [2.45, 2.75) is 32.6 Å². The molecule has 1 fully saturated rings. The highest BCUT2D eigenvalue weighted by atomic mass is 15.0. The van der Waals surface area contributed by atoms with Gasteiger partial charge in [-0.1, -0.05) is 6.92 Å². The molecule has 1 N–H and O–H groups in total. The highest BCUT2D eigenvalue weighted by molar-refractivity contribution is 5.55. The highest BCUT2D eigenvalue weighted by Gasteiger charge is 2.32. The van der Waals surface area contributed by atoms with E-state index in [1.165, 1.54) is 24.1 Å². The number of fused-ring (bicyclic) bond motifs is 1. The number of aromatic nitrogens is 1. The van der Waals surface area contributed by atoms with E-state index in [1.807, 2.05) is 6.07 Å². The van der Waals surface area contributed by atoms with Crippen LogP contribution >= 0.6 is 0 Å². The molecule has 1 saturated carbocycles. The molecule has 0 saturated heterocycles. The number of hydrogen-bond acceptors (Lipinski definition) is 3. The lowest BCUT2D eigenvalue weighted by Gasteiger charge is -2.09. The van der Waals surface area contributed by atoms with E-state index in [0.717, 1.165) is 37.0 Å². The van der Waals surface area contributed by atoms with Crippen molar-refractivity contribution in [1.82, 2.24) is 4.98 Å². The van der Waals surface area contributed by atoms with Crippen molar-refractivity contribution in [3.8, 4) is 6.07 Å². The summed E-state index contributed by atoms with van der Waals surface area (Å²) >= 11 is 0. The molecular formula is C14H17N3. The molecule has 0 aromatic carbocycles. The Morgan fingerprint density at radius 3 is 3.06 bits per heavy atom. The highest BCUT2D eigenvalue weighted by Crippen LogP contribution is 2.37. The standard InChI is InChI=1S/C14H17N3/c1-9-5-12(9)8-16-14-11(7-15)6-10-3-2-4-13(10)17-14/h6,9,12H,2-5,8H2,1H3,(H,16,17). The second kappa shape index (κ2) is 4.03. The molecule has 2 unspecified atom stereocenters. The number of nitrogens with zero attached hydrogens (tertiary/aromatic N) is 2. The van der Waals surface area contributed by atoms with E-state index in [-0.39, 0.29) is 0 Å². The number of pyridine rings is 1. The third-order valence-electron chi connectivity index (χ3n) is 3.98. The summed E-state index contributed by atoms with van der Waals surface area (Å²) in [5.41, 5.74) is 3.17. The quantitative estimate of drug-likeness (QED) is 0.863. The number of hydrogen-bond donors (Lipinski definition) is 1. The second-order valence-corrected chi connectivity index (χ2v) is 5.31. The lowest BCUT2D eigenvalue weighted by atomic mass is 10.1. The average Bonchev–Trinajstić information content (AvgIpc) is 2.87. The largest absolute Gasteiger partial charge is 0.369 e. The summed E-state index contributed by atoms with van der Waals surface area (Å²) in [4.78, 5) is 4.62. The van der Waals surface area contributed by atoms with Gasteiger partial charge < -0.3 is 5.32 Å². The van der Waals surface area contributed by atoms with Gasteiger partial charge in [0.15, 0.2) is 0 Å². The maximum Gasteiger partial charge on any atom is 0.144 e. The molecule has 88 valence electrons. The van der Waals surface area contributed by atoms with E-state index >= 15 is 0 Å². The molecule has 3 rings (SSSR count). The van der Waals surface area contributed by atoms with Crippen LogP contribution in [-0.2, 0) is 12.8 Å². The summed E-state index contributed by atoms with van der Waals surface area (Å²) in [5, 5.41) is 12.5. The van der Waals surface area contributed by atoms with E-state index in [0.29, 0.717) is 5.56 Å². The van der Waals surface area contributed by atoms with Crippen LogP contribution in [0.3, 0.4) is 0 Å². The van der Waals surface area contributed by atoms with Gasteiger partial charge >= 0.3 is 0 Å². The number of aryl methyl sites for hydroxylation is 2. The summed E-state index contributed by atoms with van der Waals surface area (Å²) in [6.07, 6.45) is 4.63. The molecule has 0 radical (unpaired) electrons. The number of anilines is 1. The molecule has 17 heavy (non-hydrogen) atoms. The Morgan fingerprint density at radius 1 is 1.53 bits per heavy atom. The van der Waals surface area contributed by atoms with Crippen molar-refractivity contribution in [3.05, 3.63) is 22.9 Å². The predicted molar refractivity (Wildman–Crippen MR) is 66.7 cm³/mol. The van der Waals surface area contributed by atoms with Crippen molar-refractivity contribution in [3.63, 3.8) is 0 Å². The van der Waals surface area contributed by atoms with Gasteiger partial charge in [0.1, 0.15) is 11.9 Å². The van der Waals surface area contributed by atoms with Crippen LogP contribution in [0.2, 0.25) is 0 Å². The summed E-state index contributed by atoms with van der Waals surface area (Å²) in [6.45, 7) is 3.23. The molecule has 2 atom stereocenters. The van der Waals surface area contributed by atoms with Gasteiger partial charge in [0, 0.05) is 12.2 Å². The summed E-state index contributed by atoms with van der Waals surface area (Å²) in [7, 11) is 0. The maximum atomic E-state index is 9.15. The Labute approximate surface area is 102 Å². The fraction of sp³-hybridized carbons (Fsp3) is 0.571. The van der Waals surface area contributed by atoms with Crippen LogP contribution in [0.5, 0.6) is 0 Å². The van der Waals surface area contributed by atoms with Crippen molar-refractivity contribution in [2.75, 3.05) is 11.9 Å². The first-order valence-electron chi connectivity index (χ1n) is 6.44. The van der Waals surface area contributed by atoms with Crippen LogP contribution in [0.1, 0.15) is 36.6 Å². The van der Waals surface area contributed by atoms with Gasteiger partial charge in [-0.3, -0.25) is 0 Å². The molecule has 1 aromatic heterocycles. The third kappa shape index (κ3) is 2.00. The molecule has 0 amide bonds. The Hall–Kier alpha value is -1.56. The molecule has 2 aliphatic carbocycles. The first kappa shape index (κ1) is 10.6. The van der Waals surface area contributed by atoms with Gasteiger partial charge in [0.2, 0.25) is 0 Å². The first-order valence-corrected chi connectivity index (χ1v) is 6.44. The van der Waals surface area contributed by atoms with E-state index < -0.39 is 0 Å². The molecule has 0 bridgehead atoms. The number of nitrogens with one attached hydrogen (secondary N) is 1. The Kier molecular flexibility index (Phi) is 2.51. The van der Waals surface area contributed by atoms with Crippen LogP contribution in [0.15, 0.2) is 6.07 Å². The lowest BCUT2D eigenvalue weighted by Crippen LogP contribution is -2.09. The molecule has 3 heteroatoms. The summed E-state index contributed by atoms with van der Waals surface area (Å²) in [5.74, 6) is 2.41. The maximum absolute atomic E-state index is 9.15. The molecule has 1 heterocycles. The van der Waals surface area contributed by atoms with Gasteiger partial charge in [-0.25, -0.2) is 4.98 Å². The van der Waals surface area contributed by atoms with E-state index in [1.54, 1.807) is 0 Å². The average molecular weight is 227 g/mol. The second-order valence-electron chi connectivity index (χ2n) is 5.31. The minimum absolute atomic E-state index is 0.707. The number of rotatable bonds is 3. The zero-order valence-electron chi connectivity index (χ0n) is 10.2. The minimum Gasteiger partial charge on any atom is -0.369 e. The van der Waals surface area contributed by atoms with Crippen molar-refractivity contribution in [2.24, 2.45) is 11.8 Å². The molecule has 2 aliphatic rings. The Bertz CT molecular complexity index is 487. The van der Waals surface area contributed by atoms with E-state index in [4.69, 9.17) is 5.26 Å².